The highest BCUT2D eigenvalue weighted by atomic mass is 19.1. The first-order valence-corrected chi connectivity index (χ1v) is 7.55. The fourth-order valence-electron chi connectivity index (χ4n) is 1.81. The van der Waals surface area contributed by atoms with Crippen molar-refractivity contribution in [1.82, 2.24) is 5.32 Å². The molecule has 0 aliphatic heterocycles. The number of carbonyl (C=O) groups is 2. The van der Waals surface area contributed by atoms with E-state index in [4.69, 9.17) is 9.47 Å². The lowest BCUT2D eigenvalue weighted by Crippen LogP contribution is -2.31. The highest BCUT2D eigenvalue weighted by Gasteiger charge is 2.22. The van der Waals surface area contributed by atoms with Crippen LogP contribution in [0.15, 0.2) is 18.2 Å². The van der Waals surface area contributed by atoms with Gasteiger partial charge in [-0.2, -0.15) is 0 Å². The van der Waals surface area contributed by atoms with Gasteiger partial charge in [-0.25, -0.2) is 8.78 Å². The summed E-state index contributed by atoms with van der Waals surface area (Å²) in [6, 6.07) is 3.02. The van der Waals surface area contributed by atoms with Crippen molar-refractivity contribution in [2.45, 2.75) is 25.7 Å². The lowest BCUT2D eigenvalue weighted by molar-refractivity contribution is -0.144. The van der Waals surface area contributed by atoms with Crippen molar-refractivity contribution in [3.8, 4) is 5.75 Å². The van der Waals surface area contributed by atoms with Gasteiger partial charge in [0, 0.05) is 12.5 Å². The van der Waals surface area contributed by atoms with Crippen LogP contribution >= 0.6 is 0 Å². The van der Waals surface area contributed by atoms with Crippen LogP contribution in [0.4, 0.5) is 8.78 Å². The van der Waals surface area contributed by atoms with Gasteiger partial charge in [0.2, 0.25) is 5.91 Å². The number of nitrogens with one attached hydrogen (secondary N) is 1. The molecule has 1 N–H and O–H groups in total. The Labute approximate surface area is 133 Å². The quantitative estimate of drug-likeness (QED) is 0.558. The highest BCUT2D eigenvalue weighted by Crippen LogP contribution is 2.28. The lowest BCUT2D eigenvalue weighted by Gasteiger charge is -2.08. The second-order valence-electron chi connectivity index (χ2n) is 5.43. The van der Waals surface area contributed by atoms with E-state index in [1.807, 2.05) is 0 Å². The maximum Gasteiger partial charge on any atom is 0.325 e. The third-order valence-electron chi connectivity index (χ3n) is 3.31. The molecule has 1 aliphatic rings. The molecule has 1 saturated carbocycles. The molecule has 0 saturated heterocycles. The van der Waals surface area contributed by atoms with Gasteiger partial charge in [0.1, 0.15) is 12.4 Å². The first kappa shape index (κ1) is 17.2. The number of halogens is 2. The minimum atomic E-state index is -0.784. The van der Waals surface area contributed by atoms with Crippen molar-refractivity contribution < 1.29 is 27.8 Å². The topological polar surface area (TPSA) is 64.6 Å². The van der Waals surface area contributed by atoms with Gasteiger partial charge in [0.25, 0.3) is 0 Å². The molecule has 1 aromatic carbocycles. The minimum absolute atomic E-state index is 0.0598. The number of esters is 1. The molecule has 1 aliphatic carbocycles. The molecule has 0 aromatic heterocycles. The summed E-state index contributed by atoms with van der Waals surface area (Å²) in [5.74, 6) is -1.80. The Morgan fingerprint density at radius 2 is 2.04 bits per heavy atom. The Balaban J connectivity index is 1.54. The SMILES string of the molecule is O=C(CCCOc1ccc(F)cc1F)NCC(=O)OCC1CC1. The zero-order valence-electron chi connectivity index (χ0n) is 12.6. The molecule has 5 nitrogen and oxygen atoms in total. The van der Waals surface area contributed by atoms with E-state index in [1.165, 1.54) is 6.07 Å². The fraction of sp³-hybridized carbons (Fsp3) is 0.500. The summed E-state index contributed by atoms with van der Waals surface area (Å²) in [6.45, 7) is 0.382. The van der Waals surface area contributed by atoms with Crippen molar-refractivity contribution in [2.24, 2.45) is 5.92 Å². The van der Waals surface area contributed by atoms with E-state index in [0.29, 0.717) is 18.9 Å². The number of hydrogen-bond donors (Lipinski definition) is 1. The van der Waals surface area contributed by atoms with Crippen LogP contribution in [0.2, 0.25) is 0 Å². The third kappa shape index (κ3) is 6.63. The van der Waals surface area contributed by atoms with Gasteiger partial charge in [-0.05, 0) is 37.3 Å². The molecular formula is C16H19F2NO4. The Morgan fingerprint density at radius 3 is 2.74 bits per heavy atom. The van der Waals surface area contributed by atoms with E-state index in [9.17, 15) is 18.4 Å². The molecule has 1 fully saturated rings. The summed E-state index contributed by atoms with van der Waals surface area (Å²) < 4.78 is 36.1. The van der Waals surface area contributed by atoms with Gasteiger partial charge >= 0.3 is 5.97 Å². The third-order valence-corrected chi connectivity index (χ3v) is 3.31. The first-order valence-electron chi connectivity index (χ1n) is 7.55. The molecule has 0 unspecified atom stereocenters. The van der Waals surface area contributed by atoms with E-state index in [1.54, 1.807) is 0 Å². The van der Waals surface area contributed by atoms with Gasteiger partial charge in [-0.15, -0.1) is 0 Å². The van der Waals surface area contributed by atoms with Gasteiger partial charge in [0.05, 0.1) is 13.2 Å². The predicted molar refractivity (Wildman–Crippen MR) is 77.8 cm³/mol. The summed E-state index contributed by atoms with van der Waals surface area (Å²) in [5, 5.41) is 2.45. The van der Waals surface area contributed by atoms with Crippen LogP contribution in [0.25, 0.3) is 0 Å². The van der Waals surface area contributed by atoms with Crippen LogP contribution in [0, 0.1) is 17.6 Å². The number of ether oxygens (including phenoxy) is 2. The average Bonchev–Trinajstić information content (AvgIpc) is 3.33. The average molecular weight is 327 g/mol. The Morgan fingerprint density at radius 1 is 1.26 bits per heavy atom. The van der Waals surface area contributed by atoms with Crippen molar-refractivity contribution >= 4 is 11.9 Å². The van der Waals surface area contributed by atoms with E-state index in [0.717, 1.165) is 25.0 Å². The zero-order valence-corrected chi connectivity index (χ0v) is 12.6. The van der Waals surface area contributed by atoms with E-state index in [-0.39, 0.29) is 31.2 Å². The summed E-state index contributed by atoms with van der Waals surface area (Å²) in [5.41, 5.74) is 0. The Kier molecular flexibility index (Phi) is 6.31. The molecule has 23 heavy (non-hydrogen) atoms. The van der Waals surface area contributed by atoms with Gasteiger partial charge in [-0.1, -0.05) is 0 Å². The van der Waals surface area contributed by atoms with Crippen LogP contribution in [0.1, 0.15) is 25.7 Å². The normalized spacial score (nSPS) is 13.5. The Bertz CT molecular complexity index is 561. The van der Waals surface area contributed by atoms with E-state index >= 15 is 0 Å². The lowest BCUT2D eigenvalue weighted by atomic mass is 10.3. The molecular weight excluding hydrogens is 308 g/mol. The second-order valence-corrected chi connectivity index (χ2v) is 5.43. The first-order chi connectivity index (χ1) is 11.0. The standard InChI is InChI=1S/C16H19F2NO4/c17-12-5-6-14(13(18)8-12)22-7-1-2-15(20)19-9-16(21)23-10-11-3-4-11/h5-6,8,11H,1-4,7,9-10H2,(H,19,20). The smallest absolute Gasteiger partial charge is 0.325 e. The molecule has 0 spiro atoms. The summed E-state index contributed by atoms with van der Waals surface area (Å²) in [4.78, 5) is 22.8. The molecule has 0 bridgehead atoms. The largest absolute Gasteiger partial charge is 0.491 e. The minimum Gasteiger partial charge on any atom is -0.491 e. The fourth-order valence-corrected chi connectivity index (χ4v) is 1.81. The zero-order chi connectivity index (χ0) is 16.7. The molecule has 0 radical (unpaired) electrons. The Hall–Kier alpha value is -2.18. The van der Waals surface area contributed by atoms with Gasteiger partial charge in [0.15, 0.2) is 11.6 Å². The maximum absolute atomic E-state index is 13.3. The second kappa shape index (κ2) is 8.45. The molecule has 2 rings (SSSR count). The number of hydrogen-bond acceptors (Lipinski definition) is 4. The molecule has 126 valence electrons. The number of carbonyl (C=O) groups excluding carboxylic acids is 2. The van der Waals surface area contributed by atoms with Crippen LogP contribution in [0.3, 0.4) is 0 Å². The maximum atomic E-state index is 13.3. The number of rotatable bonds is 9. The van der Waals surface area contributed by atoms with Crippen molar-refractivity contribution in [3.63, 3.8) is 0 Å². The number of benzene rings is 1. The van der Waals surface area contributed by atoms with Crippen LogP contribution in [-0.4, -0.2) is 31.6 Å². The van der Waals surface area contributed by atoms with E-state index < -0.39 is 17.6 Å². The molecule has 7 heteroatoms. The van der Waals surface area contributed by atoms with E-state index in [2.05, 4.69) is 5.32 Å². The van der Waals surface area contributed by atoms with Gasteiger partial charge in [-0.3, -0.25) is 9.59 Å². The van der Waals surface area contributed by atoms with Gasteiger partial charge < -0.3 is 14.8 Å². The summed E-state index contributed by atoms with van der Waals surface area (Å²) in [6.07, 6.45) is 2.67. The monoisotopic (exact) mass is 327 g/mol. The summed E-state index contributed by atoms with van der Waals surface area (Å²) in [7, 11) is 0. The summed E-state index contributed by atoms with van der Waals surface area (Å²) >= 11 is 0. The molecule has 1 aromatic rings. The number of amides is 1. The molecule has 0 atom stereocenters. The molecule has 1 amide bonds. The predicted octanol–water partition coefficient (Wildman–Crippen LogP) is 2.19. The van der Waals surface area contributed by atoms with Crippen LogP contribution in [0.5, 0.6) is 5.75 Å². The highest BCUT2D eigenvalue weighted by molar-refractivity contribution is 5.81. The van der Waals surface area contributed by atoms with Crippen LogP contribution in [-0.2, 0) is 14.3 Å². The van der Waals surface area contributed by atoms with Crippen molar-refractivity contribution in [1.29, 1.82) is 0 Å². The molecule has 0 heterocycles. The van der Waals surface area contributed by atoms with Crippen molar-refractivity contribution in [2.75, 3.05) is 19.8 Å². The van der Waals surface area contributed by atoms with Crippen molar-refractivity contribution in [3.05, 3.63) is 29.8 Å². The van der Waals surface area contributed by atoms with Crippen LogP contribution < -0.4 is 10.1 Å².